The van der Waals surface area contributed by atoms with Gasteiger partial charge in [0.1, 0.15) is 0 Å². The number of methoxy groups -OCH3 is 1. The Bertz CT molecular complexity index is 666. The lowest BCUT2D eigenvalue weighted by Crippen LogP contribution is -2.09. The summed E-state index contributed by atoms with van der Waals surface area (Å²) < 4.78 is 44.5. The van der Waals surface area contributed by atoms with Gasteiger partial charge in [-0.3, -0.25) is 0 Å². The Kier molecular flexibility index (Phi) is 4.56. The van der Waals surface area contributed by atoms with E-state index in [9.17, 15) is 13.2 Å². The molecule has 0 saturated heterocycles. The molecule has 0 aliphatic rings. The molecule has 0 spiro atoms. The molecule has 0 fully saturated rings. The molecule has 21 heavy (non-hydrogen) atoms. The van der Waals surface area contributed by atoms with Crippen molar-refractivity contribution in [3.8, 4) is 17.0 Å². The minimum Gasteiger partial charge on any atom is -0.481 e. The summed E-state index contributed by atoms with van der Waals surface area (Å²) in [6.45, 7) is 0. The summed E-state index contributed by atoms with van der Waals surface area (Å²) in [5.41, 5.74) is -1.29. The van der Waals surface area contributed by atoms with Crippen LogP contribution in [-0.4, -0.2) is 12.1 Å². The number of halogens is 6. The van der Waals surface area contributed by atoms with E-state index in [1.807, 2.05) is 0 Å². The van der Waals surface area contributed by atoms with Gasteiger partial charge in [-0.05, 0) is 18.2 Å². The number of pyridine rings is 1. The average molecular weight is 357 g/mol. The fourth-order valence-electron chi connectivity index (χ4n) is 1.86. The largest absolute Gasteiger partial charge is 0.481 e. The van der Waals surface area contributed by atoms with Gasteiger partial charge in [0.15, 0.2) is 0 Å². The third-order valence-electron chi connectivity index (χ3n) is 2.67. The van der Waals surface area contributed by atoms with Crippen LogP contribution in [0.3, 0.4) is 0 Å². The second-order valence-corrected chi connectivity index (χ2v) is 5.24. The minimum absolute atomic E-state index is 0.0238. The number of hydrogen-bond donors (Lipinski definition) is 0. The zero-order chi connectivity index (χ0) is 15.8. The molecule has 0 aliphatic heterocycles. The summed E-state index contributed by atoms with van der Waals surface area (Å²) >= 11 is 17.8. The molecule has 8 heteroatoms. The van der Waals surface area contributed by atoms with Crippen LogP contribution in [0.5, 0.6) is 5.88 Å². The lowest BCUT2D eigenvalue weighted by atomic mass is 10.0. The molecule has 2 rings (SSSR count). The smallest absolute Gasteiger partial charge is 0.417 e. The Morgan fingerprint density at radius 3 is 2.10 bits per heavy atom. The lowest BCUT2D eigenvalue weighted by Gasteiger charge is -2.17. The summed E-state index contributed by atoms with van der Waals surface area (Å²) in [5.74, 6) is -0.226. The van der Waals surface area contributed by atoms with Crippen molar-refractivity contribution >= 4 is 34.8 Å². The van der Waals surface area contributed by atoms with Gasteiger partial charge in [-0.15, -0.1) is 0 Å². The molecule has 1 aromatic carbocycles. The number of nitrogens with zero attached hydrogens (tertiary/aromatic N) is 1. The van der Waals surface area contributed by atoms with Crippen LogP contribution in [-0.2, 0) is 6.18 Å². The van der Waals surface area contributed by atoms with Gasteiger partial charge < -0.3 is 4.74 Å². The minimum atomic E-state index is -4.61. The van der Waals surface area contributed by atoms with E-state index in [0.29, 0.717) is 0 Å². The van der Waals surface area contributed by atoms with Gasteiger partial charge in [-0.1, -0.05) is 34.8 Å². The normalized spacial score (nSPS) is 11.6. The Labute approximate surface area is 133 Å². The van der Waals surface area contributed by atoms with E-state index in [0.717, 1.165) is 12.3 Å². The van der Waals surface area contributed by atoms with Gasteiger partial charge in [-0.25, -0.2) is 4.98 Å². The van der Waals surface area contributed by atoms with Crippen molar-refractivity contribution in [2.24, 2.45) is 0 Å². The van der Waals surface area contributed by atoms with E-state index in [1.54, 1.807) is 0 Å². The number of ether oxygens (including phenoxy) is 1. The zero-order valence-electron chi connectivity index (χ0n) is 10.4. The van der Waals surface area contributed by atoms with E-state index >= 15 is 0 Å². The van der Waals surface area contributed by atoms with Crippen LogP contribution in [0.2, 0.25) is 15.1 Å². The molecule has 0 unspecified atom stereocenters. The van der Waals surface area contributed by atoms with Crippen molar-refractivity contribution in [1.82, 2.24) is 4.98 Å². The predicted molar refractivity (Wildman–Crippen MR) is 76.3 cm³/mol. The second-order valence-electron chi connectivity index (χ2n) is 3.98. The van der Waals surface area contributed by atoms with Gasteiger partial charge in [-0.2, -0.15) is 13.2 Å². The van der Waals surface area contributed by atoms with Crippen LogP contribution in [0, 0.1) is 0 Å². The molecule has 0 bridgehead atoms. The van der Waals surface area contributed by atoms with Crippen molar-refractivity contribution in [1.29, 1.82) is 0 Å². The molecule has 112 valence electrons. The molecule has 0 amide bonds. The number of benzene rings is 1. The van der Waals surface area contributed by atoms with Crippen molar-refractivity contribution in [2.45, 2.75) is 6.18 Å². The maximum atomic E-state index is 13.2. The van der Waals surface area contributed by atoms with Crippen molar-refractivity contribution in [2.75, 3.05) is 7.11 Å². The van der Waals surface area contributed by atoms with Gasteiger partial charge in [0.2, 0.25) is 5.88 Å². The van der Waals surface area contributed by atoms with E-state index < -0.39 is 11.7 Å². The fraction of sp³-hybridized carbons (Fsp3) is 0.154. The van der Waals surface area contributed by atoms with Crippen LogP contribution >= 0.6 is 34.8 Å². The van der Waals surface area contributed by atoms with Crippen LogP contribution < -0.4 is 4.74 Å². The highest BCUT2D eigenvalue weighted by Gasteiger charge is 2.36. The second kappa shape index (κ2) is 5.91. The summed E-state index contributed by atoms with van der Waals surface area (Å²) in [5, 5.41) is 0.166. The van der Waals surface area contributed by atoms with Crippen LogP contribution in [0.25, 0.3) is 11.1 Å². The lowest BCUT2D eigenvalue weighted by molar-refractivity contribution is -0.137. The monoisotopic (exact) mass is 355 g/mol. The third-order valence-corrected chi connectivity index (χ3v) is 3.49. The van der Waals surface area contributed by atoms with E-state index in [4.69, 9.17) is 39.5 Å². The predicted octanol–water partition coefficient (Wildman–Crippen LogP) is 5.74. The van der Waals surface area contributed by atoms with Gasteiger partial charge >= 0.3 is 6.18 Å². The molecule has 0 aliphatic carbocycles. The maximum Gasteiger partial charge on any atom is 0.417 e. The first-order valence-electron chi connectivity index (χ1n) is 5.50. The molecule has 0 saturated carbocycles. The van der Waals surface area contributed by atoms with Crippen LogP contribution in [0.15, 0.2) is 24.4 Å². The highest BCUT2D eigenvalue weighted by Crippen LogP contribution is 2.46. The molecule has 0 atom stereocenters. The van der Waals surface area contributed by atoms with Crippen LogP contribution in [0.4, 0.5) is 13.2 Å². The summed E-state index contributed by atoms with van der Waals surface area (Å²) in [6.07, 6.45) is -3.61. The van der Waals surface area contributed by atoms with E-state index in [2.05, 4.69) is 4.98 Å². The molecule has 0 N–H and O–H groups in total. The summed E-state index contributed by atoms with van der Waals surface area (Å²) in [7, 11) is 1.21. The average Bonchev–Trinajstić information content (AvgIpc) is 2.36. The highest BCUT2D eigenvalue weighted by molar-refractivity contribution is 6.42. The number of aromatic nitrogens is 1. The van der Waals surface area contributed by atoms with Crippen molar-refractivity contribution in [3.63, 3.8) is 0 Å². The highest BCUT2D eigenvalue weighted by atomic mass is 35.5. The maximum absolute atomic E-state index is 13.2. The van der Waals surface area contributed by atoms with Gasteiger partial charge in [0.05, 0.1) is 28.3 Å². The standard InChI is InChI=1S/C13H7Cl3F3NO/c1-21-12-10(7(2-3-20-12)13(17,18)19)11-8(15)4-6(14)5-9(11)16/h2-5H,1H3. The Morgan fingerprint density at radius 1 is 1.05 bits per heavy atom. The molecule has 0 radical (unpaired) electrons. The number of hydrogen-bond acceptors (Lipinski definition) is 2. The molecular formula is C13H7Cl3F3NO. The Hall–Kier alpha value is -1.17. The first kappa shape index (κ1) is 16.2. The Balaban J connectivity index is 2.86. The molecular weight excluding hydrogens is 350 g/mol. The van der Waals surface area contributed by atoms with Crippen molar-refractivity contribution < 1.29 is 17.9 Å². The topological polar surface area (TPSA) is 22.1 Å². The molecule has 2 nitrogen and oxygen atoms in total. The number of alkyl halides is 3. The first-order valence-corrected chi connectivity index (χ1v) is 6.64. The van der Waals surface area contributed by atoms with Crippen molar-refractivity contribution in [3.05, 3.63) is 45.0 Å². The quantitative estimate of drug-likeness (QED) is 0.685. The van der Waals surface area contributed by atoms with E-state index in [-0.39, 0.29) is 32.1 Å². The third kappa shape index (κ3) is 3.20. The fourth-order valence-corrected chi connectivity index (χ4v) is 2.86. The van der Waals surface area contributed by atoms with E-state index in [1.165, 1.54) is 19.2 Å². The van der Waals surface area contributed by atoms with Gasteiger partial charge in [0, 0.05) is 16.8 Å². The van der Waals surface area contributed by atoms with Gasteiger partial charge in [0.25, 0.3) is 0 Å². The number of rotatable bonds is 2. The molecule has 1 aromatic heterocycles. The molecule has 2 aromatic rings. The zero-order valence-corrected chi connectivity index (χ0v) is 12.7. The Morgan fingerprint density at radius 2 is 1.62 bits per heavy atom. The first-order chi connectivity index (χ1) is 9.75. The SMILES string of the molecule is COc1nccc(C(F)(F)F)c1-c1c(Cl)cc(Cl)cc1Cl. The molecule has 1 heterocycles. The summed E-state index contributed by atoms with van der Waals surface area (Å²) in [4.78, 5) is 3.78. The summed E-state index contributed by atoms with van der Waals surface area (Å²) in [6, 6.07) is 3.44. The van der Waals surface area contributed by atoms with Crippen LogP contribution in [0.1, 0.15) is 5.56 Å².